The van der Waals surface area contributed by atoms with Gasteiger partial charge in [0, 0.05) is 15.8 Å². The van der Waals surface area contributed by atoms with E-state index in [2.05, 4.69) is 33.0 Å². The summed E-state index contributed by atoms with van der Waals surface area (Å²) < 4.78 is 1.11. The van der Waals surface area contributed by atoms with Crippen LogP contribution in [-0.2, 0) is 0 Å². The van der Waals surface area contributed by atoms with Crippen molar-refractivity contribution in [1.29, 1.82) is 0 Å². The Kier molecular flexibility index (Phi) is 2.87. The van der Waals surface area contributed by atoms with E-state index in [9.17, 15) is 0 Å². The molecular weight excluding hydrogens is 276 g/mol. The summed E-state index contributed by atoms with van der Waals surface area (Å²) in [5.74, 6) is 1.52. The maximum atomic E-state index is 4.69. The molecule has 17 heavy (non-hydrogen) atoms. The summed E-state index contributed by atoms with van der Waals surface area (Å²) in [4.78, 5) is 9.21. The number of nitrogens with zero attached hydrogens (tertiary/aromatic N) is 2. The van der Waals surface area contributed by atoms with Crippen LogP contribution in [0.2, 0.25) is 0 Å². The molecule has 88 valence electrons. The second kappa shape index (κ2) is 4.37. The zero-order valence-corrected chi connectivity index (χ0v) is 11.5. The van der Waals surface area contributed by atoms with Gasteiger partial charge in [0.2, 0.25) is 0 Å². The molecule has 1 heterocycles. The number of rotatable bonds is 1. The highest BCUT2D eigenvalue weighted by atomic mass is 79.9. The Bertz CT molecular complexity index is 559. The normalized spacial score (nSPS) is 16.8. The van der Waals surface area contributed by atoms with Crippen molar-refractivity contribution in [2.75, 3.05) is 0 Å². The van der Waals surface area contributed by atoms with E-state index in [1.54, 1.807) is 0 Å². The predicted molar refractivity (Wildman–Crippen MR) is 73.2 cm³/mol. The molecule has 0 unspecified atom stereocenters. The van der Waals surface area contributed by atoms with Crippen molar-refractivity contribution < 1.29 is 0 Å². The maximum Gasteiger partial charge on any atom is 0.126 e. The molecule has 0 aliphatic heterocycles. The molecule has 3 heteroatoms. The molecule has 0 saturated heterocycles. The van der Waals surface area contributed by atoms with Crippen molar-refractivity contribution in [3.63, 3.8) is 0 Å². The fourth-order valence-corrected chi connectivity index (χ4v) is 3.12. The highest BCUT2D eigenvalue weighted by Gasteiger charge is 2.21. The number of aryl methyl sites for hydroxylation is 1. The van der Waals surface area contributed by atoms with Crippen LogP contribution in [0.4, 0.5) is 0 Å². The van der Waals surface area contributed by atoms with Crippen molar-refractivity contribution >= 4 is 26.8 Å². The first kappa shape index (κ1) is 11.1. The molecule has 2 aromatic rings. The van der Waals surface area contributed by atoms with E-state index >= 15 is 0 Å². The SMILES string of the molecule is Cc1nc(C2CCCC2)c2cc(Br)ccc2n1. The van der Waals surface area contributed by atoms with Crippen LogP contribution < -0.4 is 0 Å². The van der Waals surface area contributed by atoms with Crippen LogP contribution in [0, 0.1) is 6.92 Å². The van der Waals surface area contributed by atoms with Crippen LogP contribution >= 0.6 is 15.9 Å². The fraction of sp³-hybridized carbons (Fsp3) is 0.429. The number of hydrogen-bond donors (Lipinski definition) is 0. The van der Waals surface area contributed by atoms with Crippen LogP contribution in [0.15, 0.2) is 22.7 Å². The average Bonchev–Trinajstić information content (AvgIpc) is 2.82. The first-order valence-electron chi connectivity index (χ1n) is 6.18. The van der Waals surface area contributed by atoms with Gasteiger partial charge in [0.25, 0.3) is 0 Å². The lowest BCUT2D eigenvalue weighted by Gasteiger charge is -2.12. The second-order valence-electron chi connectivity index (χ2n) is 4.80. The Morgan fingerprint density at radius 2 is 1.94 bits per heavy atom. The smallest absolute Gasteiger partial charge is 0.126 e. The molecule has 1 fully saturated rings. The summed E-state index contributed by atoms with van der Waals surface area (Å²) >= 11 is 3.54. The summed E-state index contributed by atoms with van der Waals surface area (Å²) in [6.07, 6.45) is 5.22. The number of halogens is 1. The third kappa shape index (κ3) is 2.08. The first-order valence-corrected chi connectivity index (χ1v) is 6.97. The van der Waals surface area contributed by atoms with Crippen LogP contribution in [0.3, 0.4) is 0 Å². The molecule has 1 aromatic carbocycles. The summed E-state index contributed by atoms with van der Waals surface area (Å²) in [6.45, 7) is 1.99. The first-order chi connectivity index (χ1) is 8.24. The van der Waals surface area contributed by atoms with Gasteiger partial charge in [-0.1, -0.05) is 28.8 Å². The van der Waals surface area contributed by atoms with Gasteiger partial charge in [0.1, 0.15) is 5.82 Å². The lowest BCUT2D eigenvalue weighted by molar-refractivity contribution is 0.698. The van der Waals surface area contributed by atoms with Crippen LogP contribution in [-0.4, -0.2) is 9.97 Å². The lowest BCUT2D eigenvalue weighted by Crippen LogP contribution is -2.02. The molecule has 0 atom stereocenters. The number of aromatic nitrogens is 2. The summed E-state index contributed by atoms with van der Waals surface area (Å²) in [6, 6.07) is 6.28. The summed E-state index contributed by atoms with van der Waals surface area (Å²) in [5, 5.41) is 1.22. The topological polar surface area (TPSA) is 25.8 Å². The summed E-state index contributed by atoms with van der Waals surface area (Å²) in [5.41, 5.74) is 2.33. The minimum Gasteiger partial charge on any atom is -0.237 e. The Hall–Kier alpha value is -0.960. The van der Waals surface area contributed by atoms with Crippen molar-refractivity contribution in [1.82, 2.24) is 9.97 Å². The van der Waals surface area contributed by atoms with Crippen molar-refractivity contribution in [2.45, 2.75) is 38.5 Å². The molecule has 0 amide bonds. The lowest BCUT2D eigenvalue weighted by atomic mass is 9.99. The van der Waals surface area contributed by atoms with Crippen molar-refractivity contribution in [2.24, 2.45) is 0 Å². The highest BCUT2D eigenvalue weighted by Crippen LogP contribution is 2.36. The minimum atomic E-state index is 0.633. The minimum absolute atomic E-state index is 0.633. The van der Waals surface area contributed by atoms with E-state index in [4.69, 9.17) is 4.98 Å². The second-order valence-corrected chi connectivity index (χ2v) is 5.71. The molecule has 0 bridgehead atoms. The van der Waals surface area contributed by atoms with E-state index in [1.165, 1.54) is 36.8 Å². The molecule has 0 N–H and O–H groups in total. The number of hydrogen-bond acceptors (Lipinski definition) is 2. The predicted octanol–water partition coefficient (Wildman–Crippen LogP) is 4.36. The highest BCUT2D eigenvalue weighted by molar-refractivity contribution is 9.10. The van der Waals surface area contributed by atoms with E-state index in [0.29, 0.717) is 5.92 Å². The average molecular weight is 291 g/mol. The Balaban J connectivity index is 2.23. The largest absolute Gasteiger partial charge is 0.237 e. The monoisotopic (exact) mass is 290 g/mol. The van der Waals surface area contributed by atoms with Crippen LogP contribution in [0.25, 0.3) is 10.9 Å². The zero-order valence-electron chi connectivity index (χ0n) is 9.91. The number of benzene rings is 1. The van der Waals surface area contributed by atoms with Crippen molar-refractivity contribution in [3.8, 4) is 0 Å². The summed E-state index contributed by atoms with van der Waals surface area (Å²) in [7, 11) is 0. The molecule has 3 rings (SSSR count). The van der Waals surface area contributed by atoms with Gasteiger partial charge in [0.15, 0.2) is 0 Å². The van der Waals surface area contributed by atoms with Crippen molar-refractivity contribution in [3.05, 3.63) is 34.2 Å². The molecule has 1 aliphatic rings. The van der Waals surface area contributed by atoms with E-state index in [1.807, 2.05) is 13.0 Å². The molecular formula is C14H15BrN2. The molecule has 1 aliphatic carbocycles. The third-order valence-corrected chi connectivity index (χ3v) is 4.03. The van der Waals surface area contributed by atoms with Gasteiger partial charge in [-0.05, 0) is 38.0 Å². The van der Waals surface area contributed by atoms with Gasteiger partial charge in [-0.15, -0.1) is 0 Å². The molecule has 2 nitrogen and oxygen atoms in total. The Morgan fingerprint density at radius 3 is 2.71 bits per heavy atom. The standard InChI is InChI=1S/C14H15BrN2/c1-9-16-13-7-6-11(15)8-12(13)14(17-9)10-4-2-3-5-10/h6-8,10H,2-5H2,1H3. The van der Waals surface area contributed by atoms with Crippen LogP contribution in [0.5, 0.6) is 0 Å². The van der Waals surface area contributed by atoms with E-state index in [0.717, 1.165) is 15.8 Å². The molecule has 0 spiro atoms. The van der Waals surface area contributed by atoms with Gasteiger partial charge in [-0.2, -0.15) is 0 Å². The van der Waals surface area contributed by atoms with E-state index in [-0.39, 0.29) is 0 Å². The van der Waals surface area contributed by atoms with Gasteiger partial charge < -0.3 is 0 Å². The van der Waals surface area contributed by atoms with E-state index < -0.39 is 0 Å². The Labute approximate surface area is 110 Å². The van der Waals surface area contributed by atoms with Crippen LogP contribution in [0.1, 0.15) is 43.1 Å². The quantitative estimate of drug-likeness (QED) is 0.780. The third-order valence-electron chi connectivity index (χ3n) is 3.54. The van der Waals surface area contributed by atoms with Gasteiger partial charge in [-0.3, -0.25) is 0 Å². The van der Waals surface area contributed by atoms with Gasteiger partial charge in [-0.25, -0.2) is 9.97 Å². The van der Waals surface area contributed by atoms with Gasteiger partial charge >= 0.3 is 0 Å². The Morgan fingerprint density at radius 1 is 1.18 bits per heavy atom. The fourth-order valence-electron chi connectivity index (χ4n) is 2.76. The maximum absolute atomic E-state index is 4.69. The molecule has 1 aromatic heterocycles. The van der Waals surface area contributed by atoms with Gasteiger partial charge in [0.05, 0.1) is 11.2 Å². The molecule has 1 saturated carbocycles. The molecule has 0 radical (unpaired) electrons. The zero-order chi connectivity index (χ0) is 11.8. The number of fused-ring (bicyclic) bond motifs is 1.